The Balaban J connectivity index is 2.10. The normalized spacial score (nSPS) is 19.5. The van der Waals surface area contributed by atoms with Crippen LogP contribution >= 0.6 is 15.9 Å². The highest BCUT2D eigenvalue weighted by Crippen LogP contribution is 2.25. The molecule has 1 atom stereocenters. The molecule has 1 unspecified atom stereocenters. The maximum Gasteiger partial charge on any atom is 0.257 e. The molecule has 1 aliphatic rings. The van der Waals surface area contributed by atoms with Crippen LogP contribution in [0.2, 0.25) is 0 Å². The van der Waals surface area contributed by atoms with Crippen molar-refractivity contribution in [3.63, 3.8) is 0 Å². The summed E-state index contributed by atoms with van der Waals surface area (Å²) < 4.78 is 12.9. The van der Waals surface area contributed by atoms with Crippen LogP contribution in [-0.4, -0.2) is 34.3 Å². The van der Waals surface area contributed by atoms with Gasteiger partial charge in [-0.25, -0.2) is 4.39 Å². The third-order valence-electron chi connectivity index (χ3n) is 3.51. The number of likely N-dealkylation sites (tertiary alicyclic amines) is 1. The molecular formula is C14H17BrFNO2. The number of hydrogen-bond donors (Lipinski definition) is 1. The minimum Gasteiger partial charge on any atom is -0.507 e. The number of carbonyl (C=O) groups is 1. The number of aromatic hydroxyl groups is 1. The Labute approximate surface area is 120 Å². The molecule has 1 saturated heterocycles. The summed E-state index contributed by atoms with van der Waals surface area (Å²) in [6.07, 6.45) is 3.15. The van der Waals surface area contributed by atoms with E-state index in [9.17, 15) is 14.3 Å². The smallest absolute Gasteiger partial charge is 0.257 e. The first-order chi connectivity index (χ1) is 9.11. The van der Waals surface area contributed by atoms with Gasteiger partial charge in [-0.05, 0) is 37.3 Å². The predicted octanol–water partition coefficient (Wildman–Crippen LogP) is 3.17. The molecule has 1 aromatic rings. The zero-order valence-electron chi connectivity index (χ0n) is 10.6. The average Bonchev–Trinajstić information content (AvgIpc) is 2.39. The molecule has 1 heterocycles. The first-order valence-corrected chi connectivity index (χ1v) is 7.57. The molecule has 1 N–H and O–H groups in total. The van der Waals surface area contributed by atoms with Gasteiger partial charge in [0.15, 0.2) is 0 Å². The summed E-state index contributed by atoms with van der Waals surface area (Å²) in [4.78, 5) is 14.1. The fourth-order valence-electron chi connectivity index (χ4n) is 2.50. The summed E-state index contributed by atoms with van der Waals surface area (Å²) in [5.74, 6) is -0.533. The van der Waals surface area contributed by atoms with Crippen LogP contribution in [0.5, 0.6) is 5.75 Å². The third kappa shape index (κ3) is 3.47. The standard InChI is InChI=1S/C14H17BrFNO2/c15-6-5-10-2-1-7-17(9-10)14(19)12-4-3-11(16)8-13(12)18/h3-4,8,10,18H,1-2,5-7,9H2. The lowest BCUT2D eigenvalue weighted by atomic mass is 9.95. The Kier molecular flexibility index (Phi) is 4.80. The molecule has 3 nitrogen and oxygen atoms in total. The van der Waals surface area contributed by atoms with Crippen molar-refractivity contribution in [2.75, 3.05) is 18.4 Å². The minimum atomic E-state index is -0.537. The fourth-order valence-corrected chi connectivity index (χ4v) is 3.14. The van der Waals surface area contributed by atoms with Crippen molar-refractivity contribution < 1.29 is 14.3 Å². The zero-order valence-corrected chi connectivity index (χ0v) is 12.2. The molecule has 0 spiro atoms. The molecule has 1 fully saturated rings. The van der Waals surface area contributed by atoms with Crippen molar-refractivity contribution in [1.82, 2.24) is 4.90 Å². The maximum absolute atomic E-state index is 12.9. The predicted molar refractivity (Wildman–Crippen MR) is 75.1 cm³/mol. The van der Waals surface area contributed by atoms with Gasteiger partial charge >= 0.3 is 0 Å². The molecule has 2 rings (SSSR count). The number of rotatable bonds is 3. The highest BCUT2D eigenvalue weighted by atomic mass is 79.9. The lowest BCUT2D eigenvalue weighted by molar-refractivity contribution is 0.0669. The SMILES string of the molecule is O=C(c1ccc(F)cc1O)N1CCCC(CCBr)C1. The lowest BCUT2D eigenvalue weighted by Crippen LogP contribution is -2.40. The van der Waals surface area contributed by atoms with Crippen molar-refractivity contribution in [2.24, 2.45) is 5.92 Å². The molecule has 0 bridgehead atoms. The van der Waals surface area contributed by atoms with Crippen molar-refractivity contribution in [3.05, 3.63) is 29.6 Å². The number of nitrogens with zero attached hydrogens (tertiary/aromatic N) is 1. The largest absolute Gasteiger partial charge is 0.507 e. The van der Waals surface area contributed by atoms with Crippen LogP contribution in [0.1, 0.15) is 29.6 Å². The fraction of sp³-hybridized carbons (Fsp3) is 0.500. The van der Waals surface area contributed by atoms with Crippen LogP contribution in [0.4, 0.5) is 4.39 Å². The monoisotopic (exact) mass is 329 g/mol. The first kappa shape index (κ1) is 14.3. The summed E-state index contributed by atoms with van der Waals surface area (Å²) in [6.45, 7) is 1.41. The number of hydrogen-bond acceptors (Lipinski definition) is 2. The topological polar surface area (TPSA) is 40.5 Å². The van der Waals surface area contributed by atoms with Crippen LogP contribution in [0, 0.1) is 11.7 Å². The maximum atomic E-state index is 12.9. The Hall–Kier alpha value is -1.10. The lowest BCUT2D eigenvalue weighted by Gasteiger charge is -2.32. The highest BCUT2D eigenvalue weighted by molar-refractivity contribution is 9.09. The van der Waals surface area contributed by atoms with E-state index in [-0.39, 0.29) is 17.2 Å². The van der Waals surface area contributed by atoms with E-state index in [0.717, 1.165) is 30.7 Å². The number of carbonyl (C=O) groups excluding carboxylic acids is 1. The molecule has 0 aliphatic carbocycles. The first-order valence-electron chi connectivity index (χ1n) is 6.45. The summed E-state index contributed by atoms with van der Waals surface area (Å²) in [6, 6.07) is 3.53. The quantitative estimate of drug-likeness (QED) is 0.865. The third-order valence-corrected chi connectivity index (χ3v) is 3.97. The van der Waals surface area contributed by atoms with Crippen LogP contribution in [-0.2, 0) is 0 Å². The van der Waals surface area contributed by atoms with Gasteiger partial charge in [0, 0.05) is 24.5 Å². The molecule has 0 aromatic heterocycles. The Morgan fingerprint density at radius 1 is 1.53 bits per heavy atom. The van der Waals surface area contributed by atoms with Gasteiger partial charge in [0.25, 0.3) is 5.91 Å². The summed E-state index contributed by atoms with van der Waals surface area (Å²) in [5, 5.41) is 10.6. The molecule has 1 amide bonds. The number of amides is 1. The second-order valence-electron chi connectivity index (χ2n) is 4.90. The van der Waals surface area contributed by atoms with Gasteiger partial charge in [-0.15, -0.1) is 0 Å². The van der Waals surface area contributed by atoms with E-state index in [1.165, 1.54) is 12.1 Å². The van der Waals surface area contributed by atoms with E-state index in [2.05, 4.69) is 15.9 Å². The van der Waals surface area contributed by atoms with E-state index >= 15 is 0 Å². The average molecular weight is 330 g/mol. The molecule has 0 saturated carbocycles. The number of piperidine rings is 1. The second kappa shape index (κ2) is 6.37. The van der Waals surface area contributed by atoms with Crippen LogP contribution in [0.3, 0.4) is 0 Å². The molecule has 5 heteroatoms. The molecule has 104 valence electrons. The van der Waals surface area contributed by atoms with Gasteiger partial charge in [-0.3, -0.25) is 4.79 Å². The highest BCUT2D eigenvalue weighted by Gasteiger charge is 2.25. The molecule has 1 aliphatic heterocycles. The second-order valence-corrected chi connectivity index (χ2v) is 5.69. The van der Waals surface area contributed by atoms with Crippen molar-refractivity contribution in [3.8, 4) is 5.75 Å². The number of phenolic OH excluding ortho intramolecular Hbond substituents is 1. The number of alkyl halides is 1. The van der Waals surface area contributed by atoms with E-state index in [4.69, 9.17) is 0 Å². The van der Waals surface area contributed by atoms with Gasteiger partial charge in [0.05, 0.1) is 5.56 Å². The van der Waals surface area contributed by atoms with Gasteiger partial charge in [-0.2, -0.15) is 0 Å². The summed E-state index contributed by atoms with van der Waals surface area (Å²) >= 11 is 3.42. The Morgan fingerprint density at radius 2 is 2.32 bits per heavy atom. The Morgan fingerprint density at radius 3 is 3.00 bits per heavy atom. The van der Waals surface area contributed by atoms with Gasteiger partial charge in [0.1, 0.15) is 11.6 Å². The van der Waals surface area contributed by atoms with Crippen molar-refractivity contribution >= 4 is 21.8 Å². The number of benzene rings is 1. The summed E-state index contributed by atoms with van der Waals surface area (Å²) in [5.41, 5.74) is 0.181. The molecule has 1 aromatic carbocycles. The number of halogens is 2. The zero-order chi connectivity index (χ0) is 13.8. The Bertz CT molecular complexity index is 465. The van der Waals surface area contributed by atoms with E-state index in [1.54, 1.807) is 4.90 Å². The van der Waals surface area contributed by atoms with Gasteiger partial charge in [0.2, 0.25) is 0 Å². The molecular weight excluding hydrogens is 313 g/mol. The van der Waals surface area contributed by atoms with Crippen LogP contribution in [0.15, 0.2) is 18.2 Å². The van der Waals surface area contributed by atoms with E-state index in [0.29, 0.717) is 19.0 Å². The van der Waals surface area contributed by atoms with Crippen molar-refractivity contribution in [1.29, 1.82) is 0 Å². The summed E-state index contributed by atoms with van der Waals surface area (Å²) in [7, 11) is 0. The van der Waals surface area contributed by atoms with Crippen molar-refractivity contribution in [2.45, 2.75) is 19.3 Å². The van der Waals surface area contributed by atoms with Crippen LogP contribution < -0.4 is 0 Å². The van der Waals surface area contributed by atoms with Crippen LogP contribution in [0.25, 0.3) is 0 Å². The molecule has 0 radical (unpaired) electrons. The van der Waals surface area contributed by atoms with E-state index in [1.807, 2.05) is 0 Å². The molecule has 19 heavy (non-hydrogen) atoms. The number of phenols is 1. The minimum absolute atomic E-state index is 0.181. The van der Waals surface area contributed by atoms with E-state index < -0.39 is 5.82 Å². The van der Waals surface area contributed by atoms with Gasteiger partial charge < -0.3 is 10.0 Å². The van der Waals surface area contributed by atoms with Gasteiger partial charge in [-0.1, -0.05) is 15.9 Å².